The number of para-hydroxylation sites is 4. The van der Waals surface area contributed by atoms with E-state index >= 15 is 0 Å². The van der Waals surface area contributed by atoms with Crippen molar-refractivity contribution in [1.29, 1.82) is 0 Å². The molecule has 2 aliphatic heterocycles. The molecule has 3 nitrogen and oxygen atoms in total. The monoisotopic (exact) mass is 733 g/mol. The minimum atomic E-state index is -2.87. The number of anilines is 3. The van der Waals surface area contributed by atoms with Crippen molar-refractivity contribution in [2.24, 2.45) is 0 Å². The first-order valence-corrected chi connectivity index (χ1v) is 21.1. The molecule has 2 aliphatic rings. The Hall–Kier alpha value is -7.14. The Morgan fingerprint density at radius 3 is 1.55 bits per heavy atom. The number of hydrogen-bond acceptors (Lipinski definition) is 3. The van der Waals surface area contributed by atoms with Gasteiger partial charge in [0.1, 0.15) is 23.0 Å². The highest BCUT2D eigenvalue weighted by Crippen LogP contribution is 2.44. The van der Waals surface area contributed by atoms with E-state index in [1.54, 1.807) is 0 Å². The van der Waals surface area contributed by atoms with Crippen LogP contribution in [0.1, 0.15) is 0 Å². The number of benzene rings is 9. The number of fused-ring (bicyclic) bond motifs is 9. The number of nitrogens with zero attached hydrogens (tertiary/aromatic N) is 1. The topological polar surface area (TPSA) is 21.7 Å². The summed E-state index contributed by atoms with van der Waals surface area (Å²) in [6.07, 6.45) is 0. The molecule has 2 heterocycles. The fourth-order valence-corrected chi connectivity index (χ4v) is 14.1. The van der Waals surface area contributed by atoms with Gasteiger partial charge in [-0.1, -0.05) is 164 Å². The molecule has 9 aromatic rings. The zero-order valence-electron chi connectivity index (χ0n) is 30.5. The van der Waals surface area contributed by atoms with Crippen molar-refractivity contribution in [3.8, 4) is 45.3 Å². The molecule has 1 spiro atoms. The van der Waals surface area contributed by atoms with E-state index in [4.69, 9.17) is 9.47 Å². The fraction of sp³-hybridized carbons (Fsp3) is 0. The molecule has 0 unspecified atom stereocenters. The van der Waals surface area contributed by atoms with Crippen LogP contribution in [-0.4, -0.2) is 8.07 Å². The third kappa shape index (κ3) is 4.97. The first-order chi connectivity index (χ1) is 27.8. The van der Waals surface area contributed by atoms with Gasteiger partial charge in [0.25, 0.3) is 0 Å². The molecule has 9 aromatic carbocycles. The molecule has 0 fully saturated rings. The van der Waals surface area contributed by atoms with Crippen molar-refractivity contribution in [1.82, 2.24) is 0 Å². The smallest absolute Gasteiger partial charge is 0.196 e. The van der Waals surface area contributed by atoms with Crippen LogP contribution < -0.4 is 35.1 Å². The highest BCUT2D eigenvalue weighted by atomic mass is 28.3. The lowest BCUT2D eigenvalue weighted by atomic mass is 9.97. The maximum Gasteiger partial charge on any atom is 0.196 e. The molecule has 56 heavy (non-hydrogen) atoms. The molecular formula is C52H35NO2Si. The maximum atomic E-state index is 7.00. The van der Waals surface area contributed by atoms with Gasteiger partial charge < -0.3 is 14.4 Å². The largest absolute Gasteiger partial charge is 0.458 e. The summed E-state index contributed by atoms with van der Waals surface area (Å²) in [5.41, 5.74) is 7.86. The van der Waals surface area contributed by atoms with Crippen LogP contribution in [0.5, 0.6) is 23.0 Å². The first kappa shape index (κ1) is 32.3. The summed E-state index contributed by atoms with van der Waals surface area (Å²) in [4.78, 5) is 2.37. The molecule has 11 rings (SSSR count). The van der Waals surface area contributed by atoms with Crippen molar-refractivity contribution < 1.29 is 9.47 Å². The zero-order valence-corrected chi connectivity index (χ0v) is 31.5. The van der Waals surface area contributed by atoms with Crippen LogP contribution in [-0.2, 0) is 0 Å². The van der Waals surface area contributed by atoms with E-state index in [0.717, 1.165) is 51.2 Å². The van der Waals surface area contributed by atoms with Gasteiger partial charge >= 0.3 is 0 Å². The fourth-order valence-electron chi connectivity index (χ4n) is 8.97. The zero-order chi connectivity index (χ0) is 37.1. The number of rotatable bonds is 5. The van der Waals surface area contributed by atoms with E-state index in [1.165, 1.54) is 42.6 Å². The van der Waals surface area contributed by atoms with Gasteiger partial charge in [-0.2, -0.15) is 0 Å². The lowest BCUT2D eigenvalue weighted by Crippen LogP contribution is -2.77. The second kappa shape index (κ2) is 13.0. The highest BCUT2D eigenvalue weighted by molar-refractivity contribution is 7.21. The quantitative estimate of drug-likeness (QED) is 0.164. The average Bonchev–Trinajstić information content (AvgIpc) is 3.27. The van der Waals surface area contributed by atoms with Crippen molar-refractivity contribution in [3.05, 3.63) is 212 Å². The van der Waals surface area contributed by atoms with Crippen molar-refractivity contribution in [2.75, 3.05) is 4.90 Å². The summed E-state index contributed by atoms with van der Waals surface area (Å²) < 4.78 is 13.6. The minimum absolute atomic E-state index is 0.869. The Kier molecular flexibility index (Phi) is 7.51. The lowest BCUT2D eigenvalue weighted by molar-refractivity contribution is 0.482. The lowest BCUT2D eigenvalue weighted by Gasteiger charge is -2.43. The number of ether oxygens (including phenoxy) is 2. The van der Waals surface area contributed by atoms with Crippen molar-refractivity contribution in [3.63, 3.8) is 0 Å². The summed E-state index contributed by atoms with van der Waals surface area (Å²) in [6.45, 7) is 0. The first-order valence-electron chi connectivity index (χ1n) is 19.1. The van der Waals surface area contributed by atoms with E-state index < -0.39 is 8.07 Å². The van der Waals surface area contributed by atoms with Gasteiger partial charge in [0, 0.05) is 23.0 Å². The van der Waals surface area contributed by atoms with Gasteiger partial charge in [-0.05, 0) is 90.7 Å². The summed E-state index contributed by atoms with van der Waals surface area (Å²) in [5, 5.41) is 7.40. The van der Waals surface area contributed by atoms with E-state index in [1.807, 2.05) is 0 Å². The number of hydrogen-bond donors (Lipinski definition) is 0. The van der Waals surface area contributed by atoms with Gasteiger partial charge in [0.05, 0.1) is 5.69 Å². The molecule has 0 bridgehead atoms. The second-order valence-corrected chi connectivity index (χ2v) is 18.1. The minimum Gasteiger partial charge on any atom is -0.458 e. The van der Waals surface area contributed by atoms with Crippen LogP contribution >= 0.6 is 0 Å². The Balaban J connectivity index is 1.13. The van der Waals surface area contributed by atoms with E-state index in [-0.39, 0.29) is 0 Å². The third-order valence-corrected chi connectivity index (χ3v) is 16.3. The van der Waals surface area contributed by atoms with Crippen LogP contribution in [0.15, 0.2) is 212 Å². The Morgan fingerprint density at radius 2 is 0.839 bits per heavy atom. The summed E-state index contributed by atoms with van der Waals surface area (Å²) >= 11 is 0. The van der Waals surface area contributed by atoms with Crippen molar-refractivity contribution in [2.45, 2.75) is 0 Å². The Morgan fingerprint density at radius 1 is 0.339 bits per heavy atom. The molecule has 0 saturated carbocycles. The summed E-state index contributed by atoms with van der Waals surface area (Å²) in [5.74, 6) is 3.59. The van der Waals surface area contributed by atoms with Crippen LogP contribution in [0.3, 0.4) is 0 Å². The average molecular weight is 734 g/mol. The summed E-state index contributed by atoms with van der Waals surface area (Å²) in [6, 6.07) is 76.1. The Bertz CT molecular complexity index is 2870. The molecule has 0 saturated heterocycles. The highest BCUT2D eigenvalue weighted by Gasteiger charge is 2.53. The van der Waals surface area contributed by atoms with E-state index in [2.05, 4.69) is 217 Å². The van der Waals surface area contributed by atoms with Gasteiger partial charge in [-0.3, -0.25) is 0 Å². The van der Waals surface area contributed by atoms with Gasteiger partial charge in [-0.25, -0.2) is 0 Å². The predicted molar refractivity (Wildman–Crippen MR) is 233 cm³/mol. The van der Waals surface area contributed by atoms with Crippen LogP contribution in [0.25, 0.3) is 33.0 Å². The van der Waals surface area contributed by atoms with E-state index in [9.17, 15) is 0 Å². The molecule has 0 aromatic heterocycles. The standard InChI is InChI=1S/C52H35NO2Si/c1-2-15-37(16-3-1)43-20-6-7-22-44(43)53(39-31-29-38(30-32-39)42-21-14-18-36-17-4-5-19-41(36)42)40-33-34-52-48(35-40)55-47-25-10-13-28-51(47)56(52)49-26-11-8-23-45(49)54-46-24-9-12-27-50(46)56/h1-35H. The third-order valence-electron chi connectivity index (χ3n) is 11.4. The Labute approximate surface area is 327 Å². The van der Waals surface area contributed by atoms with E-state index in [0.29, 0.717) is 0 Å². The van der Waals surface area contributed by atoms with Crippen LogP contribution in [0, 0.1) is 0 Å². The molecule has 0 N–H and O–H groups in total. The molecule has 0 radical (unpaired) electrons. The van der Waals surface area contributed by atoms with Crippen LogP contribution in [0.4, 0.5) is 17.1 Å². The maximum absolute atomic E-state index is 7.00. The normalized spacial score (nSPS) is 13.1. The predicted octanol–water partition coefficient (Wildman–Crippen LogP) is 11.2. The molecule has 0 atom stereocenters. The van der Waals surface area contributed by atoms with Gasteiger partial charge in [0.2, 0.25) is 0 Å². The summed E-state index contributed by atoms with van der Waals surface area (Å²) in [7, 11) is -2.87. The molecule has 264 valence electrons. The van der Waals surface area contributed by atoms with Gasteiger partial charge in [0.15, 0.2) is 8.07 Å². The van der Waals surface area contributed by atoms with Crippen molar-refractivity contribution >= 4 is 56.7 Å². The second-order valence-electron chi connectivity index (χ2n) is 14.4. The molecule has 0 amide bonds. The molecule has 4 heteroatoms. The molecule has 0 aliphatic carbocycles. The van der Waals surface area contributed by atoms with Crippen LogP contribution in [0.2, 0.25) is 0 Å². The SMILES string of the molecule is c1ccc(-c2ccccc2N(c2ccc(-c3cccc4ccccc34)cc2)c2ccc3c(c2)Oc2ccccc2[Si]32c3ccccc3Oc3ccccc32)cc1. The van der Waals surface area contributed by atoms with Gasteiger partial charge in [-0.15, -0.1) is 0 Å². The molecular weight excluding hydrogens is 699 g/mol.